The highest BCUT2D eigenvalue weighted by Crippen LogP contribution is 2.44. The van der Waals surface area contributed by atoms with Crippen molar-refractivity contribution in [3.63, 3.8) is 0 Å². The molecule has 0 spiro atoms. The van der Waals surface area contributed by atoms with Gasteiger partial charge in [-0.1, -0.05) is 115 Å². The summed E-state index contributed by atoms with van der Waals surface area (Å²) in [6, 6.07) is 51.9. The number of hydrogen-bond acceptors (Lipinski definition) is 2. The van der Waals surface area contributed by atoms with Crippen molar-refractivity contribution in [2.45, 2.75) is 0 Å². The molecule has 0 radical (unpaired) electrons. The van der Waals surface area contributed by atoms with Gasteiger partial charge < -0.3 is 0 Å². The van der Waals surface area contributed by atoms with Crippen molar-refractivity contribution >= 4 is 48.6 Å². The largest absolute Gasteiger partial charge is 0.255 e. The Morgan fingerprint density at radius 3 is 1.91 bits per heavy atom. The molecule has 3 heterocycles. The van der Waals surface area contributed by atoms with Gasteiger partial charge in [0.25, 0.3) is 0 Å². The van der Waals surface area contributed by atoms with Crippen LogP contribution in [-0.2, 0) is 0 Å². The van der Waals surface area contributed by atoms with Crippen LogP contribution in [0.25, 0.3) is 82.4 Å². The summed E-state index contributed by atoms with van der Waals surface area (Å²) in [6.45, 7) is 0. The standard InChI is InChI=1S/C40H25N3/c1-2-12-27-23-30(21-20-26(27)11-1)38-39(35-24-28-13-3-5-15-31(28)33-17-7-8-18-34(33)35)42-43-37(36-19-9-10-22-41-36)25-29-14-4-6-16-32(29)40(38)43/h1-25H. The zero-order chi connectivity index (χ0) is 28.3. The molecule has 9 aromatic rings. The molecule has 0 N–H and O–H groups in total. The van der Waals surface area contributed by atoms with E-state index in [1.165, 1.54) is 32.3 Å². The Kier molecular flexibility index (Phi) is 5.20. The zero-order valence-electron chi connectivity index (χ0n) is 23.3. The van der Waals surface area contributed by atoms with Gasteiger partial charge in [-0.25, -0.2) is 4.52 Å². The first kappa shape index (κ1) is 23.9. The van der Waals surface area contributed by atoms with Crippen LogP contribution >= 0.6 is 0 Å². The fourth-order valence-electron chi connectivity index (χ4n) is 6.64. The van der Waals surface area contributed by atoms with E-state index in [0.29, 0.717) is 0 Å². The van der Waals surface area contributed by atoms with Crippen LogP contribution in [0.3, 0.4) is 0 Å². The molecule has 0 atom stereocenters. The smallest absolute Gasteiger partial charge is 0.102 e. The third kappa shape index (κ3) is 3.68. The lowest BCUT2D eigenvalue weighted by Crippen LogP contribution is -1.97. The number of aromatic nitrogens is 3. The summed E-state index contributed by atoms with van der Waals surface area (Å²) in [4.78, 5) is 4.76. The second kappa shape index (κ2) is 9.37. The number of benzene rings is 6. The van der Waals surface area contributed by atoms with Gasteiger partial charge in [0.15, 0.2) is 0 Å². The molecule has 0 fully saturated rings. The minimum absolute atomic E-state index is 0.890. The SMILES string of the molecule is c1ccc(-c2cc3ccccc3c3c(-c4ccc5ccccc5c4)c(-c4cc5ccccc5c5ccccc45)nn23)nc1. The summed E-state index contributed by atoms with van der Waals surface area (Å²) >= 11 is 0. The average molecular weight is 548 g/mol. The Hall–Kier alpha value is -5.80. The van der Waals surface area contributed by atoms with Crippen molar-refractivity contribution in [1.82, 2.24) is 14.6 Å². The summed E-state index contributed by atoms with van der Waals surface area (Å²) < 4.78 is 2.12. The second-order valence-corrected chi connectivity index (χ2v) is 11.1. The molecule has 3 aromatic heterocycles. The summed E-state index contributed by atoms with van der Waals surface area (Å²) in [5, 5.41) is 15.1. The number of hydrogen-bond donors (Lipinski definition) is 0. The maximum Gasteiger partial charge on any atom is 0.102 e. The quantitative estimate of drug-likeness (QED) is 0.206. The van der Waals surface area contributed by atoms with Crippen molar-refractivity contribution < 1.29 is 0 Å². The van der Waals surface area contributed by atoms with E-state index in [4.69, 9.17) is 10.1 Å². The number of nitrogens with zero attached hydrogens (tertiary/aromatic N) is 3. The Morgan fingerprint density at radius 1 is 0.465 bits per heavy atom. The van der Waals surface area contributed by atoms with Crippen LogP contribution in [0.15, 0.2) is 152 Å². The summed E-state index contributed by atoms with van der Waals surface area (Å²) in [6.07, 6.45) is 1.85. The van der Waals surface area contributed by atoms with Crippen molar-refractivity contribution in [2.24, 2.45) is 0 Å². The monoisotopic (exact) mass is 547 g/mol. The van der Waals surface area contributed by atoms with Gasteiger partial charge in [-0.3, -0.25) is 4.98 Å². The fourth-order valence-corrected chi connectivity index (χ4v) is 6.64. The minimum Gasteiger partial charge on any atom is -0.255 e. The van der Waals surface area contributed by atoms with E-state index in [-0.39, 0.29) is 0 Å². The van der Waals surface area contributed by atoms with E-state index in [9.17, 15) is 0 Å². The second-order valence-electron chi connectivity index (χ2n) is 11.1. The van der Waals surface area contributed by atoms with Gasteiger partial charge in [0.2, 0.25) is 0 Å². The molecule has 0 aliphatic heterocycles. The lowest BCUT2D eigenvalue weighted by Gasteiger charge is -2.12. The maximum atomic E-state index is 5.50. The number of rotatable bonds is 3. The molecule has 3 heteroatoms. The molecule has 43 heavy (non-hydrogen) atoms. The van der Waals surface area contributed by atoms with Gasteiger partial charge in [-0.05, 0) is 73.6 Å². The van der Waals surface area contributed by atoms with Crippen LogP contribution in [-0.4, -0.2) is 14.6 Å². The van der Waals surface area contributed by atoms with Gasteiger partial charge in [0, 0.05) is 22.7 Å². The molecule has 0 bridgehead atoms. The summed E-state index contributed by atoms with van der Waals surface area (Å²) in [5.41, 5.74) is 7.29. The average Bonchev–Trinajstić information content (AvgIpc) is 3.48. The fraction of sp³-hybridized carbons (Fsp3) is 0. The molecule has 0 unspecified atom stereocenters. The van der Waals surface area contributed by atoms with E-state index in [1.54, 1.807) is 0 Å². The minimum atomic E-state index is 0.890. The molecular formula is C40H25N3. The van der Waals surface area contributed by atoms with Crippen LogP contribution < -0.4 is 0 Å². The first-order valence-corrected chi connectivity index (χ1v) is 14.6. The van der Waals surface area contributed by atoms with Crippen LogP contribution in [0, 0.1) is 0 Å². The van der Waals surface area contributed by atoms with Gasteiger partial charge in [0.05, 0.1) is 16.9 Å². The highest BCUT2D eigenvalue weighted by Gasteiger charge is 2.23. The molecule has 6 aromatic carbocycles. The lowest BCUT2D eigenvalue weighted by molar-refractivity contribution is 0.973. The van der Waals surface area contributed by atoms with Crippen molar-refractivity contribution in [2.75, 3.05) is 0 Å². The van der Waals surface area contributed by atoms with Crippen LogP contribution in [0.5, 0.6) is 0 Å². The normalized spacial score (nSPS) is 11.7. The molecular weight excluding hydrogens is 522 g/mol. The number of fused-ring (bicyclic) bond motifs is 7. The molecule has 0 saturated carbocycles. The van der Waals surface area contributed by atoms with E-state index in [1.807, 2.05) is 18.3 Å². The van der Waals surface area contributed by atoms with Crippen molar-refractivity contribution in [1.29, 1.82) is 0 Å². The molecule has 0 amide bonds. The van der Waals surface area contributed by atoms with Crippen molar-refractivity contribution in [3.8, 4) is 33.8 Å². The molecule has 9 rings (SSSR count). The molecule has 3 nitrogen and oxygen atoms in total. The molecule has 0 saturated heterocycles. The molecule has 200 valence electrons. The highest BCUT2D eigenvalue weighted by atomic mass is 15.2. The maximum absolute atomic E-state index is 5.50. The van der Waals surface area contributed by atoms with Crippen LogP contribution in [0.1, 0.15) is 0 Å². The van der Waals surface area contributed by atoms with Gasteiger partial charge >= 0.3 is 0 Å². The summed E-state index contributed by atoms with van der Waals surface area (Å²) in [7, 11) is 0. The highest BCUT2D eigenvalue weighted by molar-refractivity contribution is 6.17. The first-order valence-electron chi connectivity index (χ1n) is 14.6. The predicted molar refractivity (Wildman–Crippen MR) is 179 cm³/mol. The van der Waals surface area contributed by atoms with E-state index < -0.39 is 0 Å². The summed E-state index contributed by atoms with van der Waals surface area (Å²) in [5.74, 6) is 0. The third-order valence-electron chi connectivity index (χ3n) is 8.61. The molecule has 0 aliphatic rings. The Bertz CT molecular complexity index is 2510. The Balaban J connectivity index is 1.50. The van der Waals surface area contributed by atoms with E-state index >= 15 is 0 Å². The van der Waals surface area contributed by atoms with Crippen molar-refractivity contribution in [3.05, 3.63) is 152 Å². The third-order valence-corrected chi connectivity index (χ3v) is 8.61. The lowest BCUT2D eigenvalue weighted by atomic mass is 9.91. The van der Waals surface area contributed by atoms with Gasteiger partial charge in [-0.15, -0.1) is 0 Å². The Morgan fingerprint density at radius 2 is 1.12 bits per heavy atom. The van der Waals surface area contributed by atoms with E-state index in [2.05, 4.69) is 138 Å². The first-order chi connectivity index (χ1) is 21.3. The molecule has 0 aliphatic carbocycles. The zero-order valence-corrected chi connectivity index (χ0v) is 23.3. The van der Waals surface area contributed by atoms with E-state index in [0.717, 1.165) is 50.1 Å². The van der Waals surface area contributed by atoms with Crippen LogP contribution in [0.4, 0.5) is 0 Å². The number of pyridine rings is 2. The topological polar surface area (TPSA) is 30.2 Å². The van der Waals surface area contributed by atoms with Crippen LogP contribution in [0.2, 0.25) is 0 Å². The predicted octanol–water partition coefficient (Wildman–Crippen LogP) is 10.3. The van der Waals surface area contributed by atoms with Gasteiger partial charge in [0.1, 0.15) is 5.69 Å². The van der Waals surface area contributed by atoms with Gasteiger partial charge in [-0.2, -0.15) is 5.10 Å². The Labute approximate surface area is 248 Å².